The van der Waals surface area contributed by atoms with Crippen LogP contribution in [0, 0.1) is 0 Å². The minimum atomic E-state index is 1.22. The highest BCUT2D eigenvalue weighted by molar-refractivity contribution is 6.32. The Kier molecular flexibility index (Phi) is 5.98. The molecule has 13 aromatic rings. The van der Waals surface area contributed by atoms with Crippen molar-refractivity contribution in [3.8, 4) is 33.4 Å². The lowest BCUT2D eigenvalue weighted by atomic mass is 9.81. The maximum atomic E-state index is 2.47. The number of benzene rings is 13. The van der Waals surface area contributed by atoms with Gasteiger partial charge in [-0.15, -0.1) is 0 Å². The normalized spacial score (nSPS) is 12.3. The van der Waals surface area contributed by atoms with E-state index in [0.717, 1.165) is 0 Å². The maximum Gasteiger partial charge on any atom is -0.00199 e. The quantitative estimate of drug-likeness (QED) is 0.127. The lowest BCUT2D eigenvalue weighted by Crippen LogP contribution is -1.94. The molecule has 0 spiro atoms. The van der Waals surface area contributed by atoms with Crippen molar-refractivity contribution in [2.24, 2.45) is 0 Å². The largest absolute Gasteiger partial charge is 0.0616 e. The summed E-state index contributed by atoms with van der Waals surface area (Å²) in [7, 11) is 0. The Morgan fingerprint density at radius 1 is 0.196 bits per heavy atom. The molecule has 0 fully saturated rings. The van der Waals surface area contributed by atoms with Gasteiger partial charge in [-0.05, 0) is 142 Å². The van der Waals surface area contributed by atoms with Crippen LogP contribution in [0.5, 0.6) is 0 Å². The molecule has 0 radical (unpaired) electrons. The summed E-state index contributed by atoms with van der Waals surface area (Å²) in [4.78, 5) is 0. The number of hydrogen-bond acceptors (Lipinski definition) is 0. The smallest absolute Gasteiger partial charge is 0.00199 e. The van der Waals surface area contributed by atoms with E-state index in [0.29, 0.717) is 0 Å². The predicted octanol–water partition coefficient (Wildman–Crippen LogP) is 15.9. The summed E-state index contributed by atoms with van der Waals surface area (Å²) < 4.78 is 0. The molecule has 0 aliphatic rings. The lowest BCUT2D eigenvalue weighted by Gasteiger charge is -2.22. The summed E-state index contributed by atoms with van der Waals surface area (Å²) in [6.07, 6.45) is 0. The highest BCUT2D eigenvalue weighted by atomic mass is 14.2. The van der Waals surface area contributed by atoms with E-state index in [2.05, 4.69) is 194 Å². The van der Waals surface area contributed by atoms with E-state index < -0.39 is 0 Å². The molecule has 256 valence electrons. The molecule has 0 amide bonds. The van der Waals surface area contributed by atoms with E-state index in [1.54, 1.807) is 0 Å². The molecule has 0 aromatic heterocycles. The zero-order valence-electron chi connectivity index (χ0n) is 30.5. The fraction of sp³-hybridized carbons (Fsp3) is 0. The van der Waals surface area contributed by atoms with Gasteiger partial charge in [0.05, 0.1) is 0 Å². The SMILES string of the molecule is c1ccc2cc(-c3ccc4c(-c5ccc6ccc7cccc8ccc5c6c78)c5ccccc5c(-c5ccc6ccc7cccc8ccc5c6c78)c4c3)ccc2c1. The third kappa shape index (κ3) is 4.08. The fourth-order valence-corrected chi connectivity index (χ4v) is 10.2. The highest BCUT2D eigenvalue weighted by Crippen LogP contribution is 2.50. The van der Waals surface area contributed by atoms with Gasteiger partial charge in [-0.3, -0.25) is 0 Å². The van der Waals surface area contributed by atoms with Crippen LogP contribution < -0.4 is 0 Å². The van der Waals surface area contributed by atoms with Crippen LogP contribution in [-0.4, -0.2) is 0 Å². The molecule has 0 atom stereocenters. The van der Waals surface area contributed by atoms with E-state index in [9.17, 15) is 0 Å². The van der Waals surface area contributed by atoms with E-state index in [1.807, 2.05) is 0 Å². The maximum absolute atomic E-state index is 2.47. The van der Waals surface area contributed by atoms with Crippen molar-refractivity contribution < 1.29 is 0 Å². The Morgan fingerprint density at radius 2 is 0.571 bits per heavy atom. The number of rotatable bonds is 3. The molecular formula is C56H32. The minimum absolute atomic E-state index is 1.22. The molecule has 13 rings (SSSR count). The first-order valence-corrected chi connectivity index (χ1v) is 19.6. The van der Waals surface area contributed by atoms with Crippen LogP contribution in [0.25, 0.3) is 130 Å². The summed E-state index contributed by atoms with van der Waals surface area (Å²) >= 11 is 0. The van der Waals surface area contributed by atoms with Gasteiger partial charge in [0.2, 0.25) is 0 Å². The van der Waals surface area contributed by atoms with Crippen LogP contribution in [0.4, 0.5) is 0 Å². The summed E-state index contributed by atoms with van der Waals surface area (Å²) in [5.41, 5.74) is 7.58. The molecule has 0 N–H and O–H groups in total. The molecule has 56 heavy (non-hydrogen) atoms. The van der Waals surface area contributed by atoms with Gasteiger partial charge >= 0.3 is 0 Å². The van der Waals surface area contributed by atoms with E-state index in [-0.39, 0.29) is 0 Å². The molecule has 0 heteroatoms. The van der Waals surface area contributed by atoms with Crippen molar-refractivity contribution in [3.05, 3.63) is 194 Å². The number of hydrogen-bond donors (Lipinski definition) is 0. The molecule has 0 aliphatic carbocycles. The second-order valence-corrected chi connectivity index (χ2v) is 15.6. The Bertz CT molecular complexity index is 3720. The van der Waals surface area contributed by atoms with E-state index in [1.165, 1.54) is 130 Å². The second kappa shape index (κ2) is 11.1. The number of fused-ring (bicyclic) bond motifs is 3. The van der Waals surface area contributed by atoms with Gasteiger partial charge < -0.3 is 0 Å². The van der Waals surface area contributed by atoms with Crippen molar-refractivity contribution in [1.82, 2.24) is 0 Å². The Morgan fingerprint density at radius 3 is 1.16 bits per heavy atom. The van der Waals surface area contributed by atoms with Gasteiger partial charge in [0, 0.05) is 0 Å². The Balaban J connectivity index is 1.19. The molecule has 0 unspecified atom stereocenters. The second-order valence-electron chi connectivity index (χ2n) is 15.6. The predicted molar refractivity (Wildman–Crippen MR) is 243 cm³/mol. The molecule has 0 saturated carbocycles. The molecule has 13 aromatic carbocycles. The van der Waals surface area contributed by atoms with Crippen molar-refractivity contribution in [2.45, 2.75) is 0 Å². The monoisotopic (exact) mass is 704 g/mol. The van der Waals surface area contributed by atoms with Gasteiger partial charge in [0.25, 0.3) is 0 Å². The molecule has 0 saturated heterocycles. The first kappa shape index (κ1) is 30.1. The topological polar surface area (TPSA) is 0 Å². The summed E-state index contributed by atoms with van der Waals surface area (Å²) in [5, 5.41) is 23.3. The molecule has 0 bridgehead atoms. The summed E-state index contributed by atoms with van der Waals surface area (Å²) in [6, 6.07) is 73.1. The summed E-state index contributed by atoms with van der Waals surface area (Å²) in [5.74, 6) is 0. The average Bonchev–Trinajstić information content (AvgIpc) is 3.26. The Labute approximate surface area is 323 Å². The zero-order chi connectivity index (χ0) is 36.5. The first-order chi connectivity index (χ1) is 27.8. The van der Waals surface area contributed by atoms with Crippen molar-refractivity contribution >= 4 is 97.0 Å². The third-order valence-corrected chi connectivity index (χ3v) is 12.7. The van der Waals surface area contributed by atoms with Gasteiger partial charge in [0.1, 0.15) is 0 Å². The van der Waals surface area contributed by atoms with Crippen LogP contribution in [0.15, 0.2) is 194 Å². The van der Waals surface area contributed by atoms with Crippen molar-refractivity contribution in [1.29, 1.82) is 0 Å². The van der Waals surface area contributed by atoms with Crippen molar-refractivity contribution in [2.75, 3.05) is 0 Å². The lowest BCUT2D eigenvalue weighted by molar-refractivity contribution is 1.67. The van der Waals surface area contributed by atoms with Gasteiger partial charge in [-0.25, -0.2) is 0 Å². The van der Waals surface area contributed by atoms with Gasteiger partial charge in [-0.1, -0.05) is 182 Å². The van der Waals surface area contributed by atoms with Crippen LogP contribution in [-0.2, 0) is 0 Å². The highest BCUT2D eigenvalue weighted by Gasteiger charge is 2.22. The van der Waals surface area contributed by atoms with Gasteiger partial charge in [0.15, 0.2) is 0 Å². The average molecular weight is 705 g/mol. The third-order valence-electron chi connectivity index (χ3n) is 12.7. The summed E-state index contributed by atoms with van der Waals surface area (Å²) in [6.45, 7) is 0. The van der Waals surface area contributed by atoms with Crippen LogP contribution >= 0.6 is 0 Å². The fourth-order valence-electron chi connectivity index (χ4n) is 10.2. The van der Waals surface area contributed by atoms with Crippen LogP contribution in [0.2, 0.25) is 0 Å². The van der Waals surface area contributed by atoms with E-state index in [4.69, 9.17) is 0 Å². The van der Waals surface area contributed by atoms with Gasteiger partial charge in [-0.2, -0.15) is 0 Å². The molecular weight excluding hydrogens is 673 g/mol. The molecule has 0 nitrogen and oxygen atoms in total. The van der Waals surface area contributed by atoms with Crippen molar-refractivity contribution in [3.63, 3.8) is 0 Å². The zero-order valence-corrected chi connectivity index (χ0v) is 30.5. The van der Waals surface area contributed by atoms with E-state index >= 15 is 0 Å². The minimum Gasteiger partial charge on any atom is -0.0616 e. The van der Waals surface area contributed by atoms with Crippen LogP contribution in [0.3, 0.4) is 0 Å². The Hall–Kier alpha value is -7.28. The van der Waals surface area contributed by atoms with Crippen LogP contribution in [0.1, 0.15) is 0 Å². The molecule has 0 aliphatic heterocycles. The molecule has 0 heterocycles. The standard InChI is InChI=1S/C56H32/c1-2-8-40-31-41(20-15-33(40)7-1)42-25-30-49-50(32-42)56(48-29-24-39-19-17-35-10-6-12-37-22-27-46(48)54(39)52(35)37)44-14-4-3-13-43(44)55(49)47-28-23-38-18-16-34-9-5-11-36-21-26-45(47)53(38)51(34)36/h1-32H. The first-order valence-electron chi connectivity index (χ1n) is 19.6.